The third-order valence-corrected chi connectivity index (χ3v) is 4.30. The highest BCUT2D eigenvalue weighted by molar-refractivity contribution is 5.75. The first-order valence-electron chi connectivity index (χ1n) is 8.73. The average Bonchev–Trinajstić information content (AvgIpc) is 2.48. The van der Waals surface area contributed by atoms with Gasteiger partial charge in [-0.15, -0.1) is 0 Å². The largest absolute Gasteiger partial charge is 0.379 e. The number of nitrogens with one attached hydrogen (secondary N) is 1. The van der Waals surface area contributed by atoms with Crippen LogP contribution in [0.25, 0.3) is 0 Å². The van der Waals surface area contributed by atoms with E-state index < -0.39 is 0 Å². The molecule has 1 amide bonds. The van der Waals surface area contributed by atoms with Crippen molar-refractivity contribution in [2.24, 2.45) is 5.92 Å². The molecule has 4 heteroatoms. The SMILES string of the molecule is CCCCCCCC(=O)NCC(C(C)C)N1CCOCC1. The number of rotatable bonds is 10. The molecule has 1 unspecified atom stereocenters. The van der Waals surface area contributed by atoms with Gasteiger partial charge in [0, 0.05) is 32.1 Å². The molecule has 4 nitrogen and oxygen atoms in total. The minimum atomic E-state index is 0.213. The normalized spacial score (nSPS) is 17.9. The number of hydrogen-bond acceptors (Lipinski definition) is 3. The Hall–Kier alpha value is -0.610. The quantitative estimate of drug-likeness (QED) is 0.631. The van der Waals surface area contributed by atoms with Crippen molar-refractivity contribution in [1.82, 2.24) is 10.2 Å². The van der Waals surface area contributed by atoms with E-state index >= 15 is 0 Å². The van der Waals surface area contributed by atoms with Crippen LogP contribution in [0.3, 0.4) is 0 Å². The molecule has 0 aromatic heterocycles. The van der Waals surface area contributed by atoms with E-state index in [0.29, 0.717) is 18.4 Å². The molecule has 0 bridgehead atoms. The van der Waals surface area contributed by atoms with Gasteiger partial charge in [0.15, 0.2) is 0 Å². The first-order valence-corrected chi connectivity index (χ1v) is 8.73. The number of ether oxygens (including phenoxy) is 1. The highest BCUT2D eigenvalue weighted by atomic mass is 16.5. The Kier molecular flexibility index (Phi) is 9.68. The molecule has 0 radical (unpaired) electrons. The average molecular weight is 298 g/mol. The van der Waals surface area contributed by atoms with Crippen LogP contribution in [-0.2, 0) is 9.53 Å². The van der Waals surface area contributed by atoms with Gasteiger partial charge in [-0.2, -0.15) is 0 Å². The van der Waals surface area contributed by atoms with Crippen molar-refractivity contribution in [3.8, 4) is 0 Å². The van der Waals surface area contributed by atoms with Crippen LogP contribution in [-0.4, -0.2) is 49.7 Å². The molecule has 1 heterocycles. The Labute approximate surface area is 130 Å². The molecule has 1 aliphatic heterocycles. The zero-order chi connectivity index (χ0) is 15.5. The van der Waals surface area contributed by atoms with Gasteiger partial charge in [0.2, 0.25) is 5.91 Å². The topological polar surface area (TPSA) is 41.6 Å². The summed E-state index contributed by atoms with van der Waals surface area (Å²) in [5, 5.41) is 3.13. The lowest BCUT2D eigenvalue weighted by Crippen LogP contribution is -2.51. The highest BCUT2D eigenvalue weighted by Crippen LogP contribution is 2.12. The minimum absolute atomic E-state index is 0.213. The van der Waals surface area contributed by atoms with Crippen LogP contribution in [0.15, 0.2) is 0 Å². The van der Waals surface area contributed by atoms with Gasteiger partial charge in [-0.3, -0.25) is 9.69 Å². The zero-order valence-corrected chi connectivity index (χ0v) is 14.2. The third kappa shape index (κ3) is 7.82. The van der Waals surface area contributed by atoms with Crippen LogP contribution in [0.1, 0.15) is 59.3 Å². The summed E-state index contributed by atoms with van der Waals surface area (Å²) < 4.78 is 5.41. The number of morpholine rings is 1. The third-order valence-electron chi connectivity index (χ3n) is 4.30. The van der Waals surface area contributed by atoms with Crippen molar-refractivity contribution in [1.29, 1.82) is 0 Å². The van der Waals surface area contributed by atoms with E-state index in [1.54, 1.807) is 0 Å². The van der Waals surface area contributed by atoms with Gasteiger partial charge in [0.1, 0.15) is 0 Å². The summed E-state index contributed by atoms with van der Waals surface area (Å²) in [5.74, 6) is 0.762. The van der Waals surface area contributed by atoms with Crippen molar-refractivity contribution in [3.05, 3.63) is 0 Å². The van der Waals surface area contributed by atoms with Gasteiger partial charge < -0.3 is 10.1 Å². The first kappa shape index (κ1) is 18.4. The van der Waals surface area contributed by atoms with Gasteiger partial charge in [0.25, 0.3) is 0 Å². The van der Waals surface area contributed by atoms with Crippen LogP contribution in [0.4, 0.5) is 0 Å². The summed E-state index contributed by atoms with van der Waals surface area (Å²) in [7, 11) is 0. The van der Waals surface area contributed by atoms with Gasteiger partial charge in [0.05, 0.1) is 13.2 Å². The van der Waals surface area contributed by atoms with Crippen molar-refractivity contribution < 1.29 is 9.53 Å². The van der Waals surface area contributed by atoms with Gasteiger partial charge in [-0.25, -0.2) is 0 Å². The van der Waals surface area contributed by atoms with E-state index in [-0.39, 0.29) is 5.91 Å². The Balaban J connectivity index is 2.21. The second-order valence-corrected chi connectivity index (χ2v) is 6.43. The van der Waals surface area contributed by atoms with Gasteiger partial charge >= 0.3 is 0 Å². The Morgan fingerprint density at radius 1 is 1.14 bits per heavy atom. The summed E-state index contributed by atoms with van der Waals surface area (Å²) in [6.45, 7) is 11.0. The molecule has 1 rings (SSSR count). The van der Waals surface area contributed by atoms with Crippen molar-refractivity contribution in [3.63, 3.8) is 0 Å². The van der Waals surface area contributed by atoms with Gasteiger partial charge in [-0.05, 0) is 12.3 Å². The maximum absolute atomic E-state index is 11.9. The second kappa shape index (κ2) is 11.0. The van der Waals surface area contributed by atoms with E-state index in [1.807, 2.05) is 0 Å². The van der Waals surface area contributed by atoms with Crippen LogP contribution in [0, 0.1) is 5.92 Å². The molecular weight excluding hydrogens is 264 g/mol. The molecule has 0 aliphatic carbocycles. The fourth-order valence-electron chi connectivity index (χ4n) is 2.89. The summed E-state index contributed by atoms with van der Waals surface area (Å²) in [6, 6.07) is 0.429. The lowest BCUT2D eigenvalue weighted by atomic mass is 10.0. The molecule has 1 N–H and O–H groups in total. The Bertz CT molecular complexity index is 276. The molecule has 21 heavy (non-hydrogen) atoms. The van der Waals surface area contributed by atoms with Crippen LogP contribution in [0.5, 0.6) is 0 Å². The lowest BCUT2D eigenvalue weighted by Gasteiger charge is -2.36. The summed E-state index contributed by atoms with van der Waals surface area (Å²) in [6.07, 6.45) is 6.67. The van der Waals surface area contributed by atoms with Crippen LogP contribution in [0.2, 0.25) is 0 Å². The van der Waals surface area contributed by atoms with E-state index in [9.17, 15) is 4.79 Å². The molecule has 0 aromatic carbocycles. The molecular formula is C17H34N2O2. The number of hydrogen-bond donors (Lipinski definition) is 1. The van der Waals surface area contributed by atoms with Gasteiger partial charge in [-0.1, -0.05) is 46.5 Å². The lowest BCUT2D eigenvalue weighted by molar-refractivity contribution is -0.121. The number of unbranched alkanes of at least 4 members (excludes halogenated alkanes) is 4. The maximum Gasteiger partial charge on any atom is 0.220 e. The maximum atomic E-state index is 11.9. The smallest absolute Gasteiger partial charge is 0.220 e. The standard InChI is InChI=1S/C17H34N2O2/c1-4-5-6-7-8-9-17(20)18-14-16(15(2)3)19-10-12-21-13-11-19/h15-16H,4-14H2,1-3H3,(H,18,20). The number of carbonyl (C=O) groups excluding carboxylic acids is 1. The first-order chi connectivity index (χ1) is 10.1. The molecule has 1 aliphatic rings. The molecule has 0 spiro atoms. The Morgan fingerprint density at radius 2 is 1.81 bits per heavy atom. The fraction of sp³-hybridized carbons (Fsp3) is 0.941. The predicted octanol–water partition coefficient (Wildman–Crippen LogP) is 2.82. The number of nitrogens with zero attached hydrogens (tertiary/aromatic N) is 1. The molecule has 1 atom stereocenters. The van der Waals surface area contributed by atoms with E-state index in [4.69, 9.17) is 4.74 Å². The number of amides is 1. The Morgan fingerprint density at radius 3 is 2.43 bits per heavy atom. The molecule has 124 valence electrons. The summed E-state index contributed by atoms with van der Waals surface area (Å²) in [5.41, 5.74) is 0. The summed E-state index contributed by atoms with van der Waals surface area (Å²) in [4.78, 5) is 14.4. The van der Waals surface area contributed by atoms with Crippen LogP contribution < -0.4 is 5.32 Å². The monoisotopic (exact) mass is 298 g/mol. The van der Waals surface area contributed by atoms with Crippen LogP contribution >= 0.6 is 0 Å². The zero-order valence-electron chi connectivity index (χ0n) is 14.2. The molecule has 1 fully saturated rings. The minimum Gasteiger partial charge on any atom is -0.379 e. The summed E-state index contributed by atoms with van der Waals surface area (Å²) >= 11 is 0. The molecule has 0 saturated carbocycles. The van der Waals surface area contributed by atoms with E-state index in [0.717, 1.165) is 39.3 Å². The second-order valence-electron chi connectivity index (χ2n) is 6.43. The van der Waals surface area contributed by atoms with E-state index in [2.05, 4.69) is 31.0 Å². The van der Waals surface area contributed by atoms with Crippen molar-refractivity contribution in [2.45, 2.75) is 65.3 Å². The number of carbonyl (C=O) groups is 1. The molecule has 1 saturated heterocycles. The highest BCUT2D eigenvalue weighted by Gasteiger charge is 2.23. The van der Waals surface area contributed by atoms with Crippen molar-refractivity contribution in [2.75, 3.05) is 32.8 Å². The van der Waals surface area contributed by atoms with Crippen molar-refractivity contribution >= 4 is 5.91 Å². The van der Waals surface area contributed by atoms with E-state index in [1.165, 1.54) is 25.7 Å². The fourth-order valence-corrected chi connectivity index (χ4v) is 2.89. The predicted molar refractivity (Wildman–Crippen MR) is 87.4 cm³/mol. The molecule has 0 aromatic rings.